The molecule has 53 heavy (non-hydrogen) atoms. The van der Waals surface area contributed by atoms with Crippen LogP contribution in [-0.4, -0.2) is 14.5 Å². The van der Waals surface area contributed by atoms with Crippen LogP contribution < -0.4 is 15.9 Å². The van der Waals surface area contributed by atoms with E-state index in [0.29, 0.717) is 5.95 Å². The quantitative estimate of drug-likeness (QED) is 0.172. The average molecular weight is 696 g/mol. The molecule has 1 aliphatic heterocycles. The number of hydrogen-bond acceptors (Lipinski definition) is 3. The fourth-order valence-corrected chi connectivity index (χ4v) is 11.7. The van der Waals surface area contributed by atoms with Crippen LogP contribution in [0, 0.1) is 0 Å². The number of benzene rings is 8. The van der Waals surface area contributed by atoms with Crippen LogP contribution in [0.3, 0.4) is 0 Å². The smallest absolute Gasteiger partial charge is 0.235 e. The first-order chi connectivity index (χ1) is 26.2. The van der Waals surface area contributed by atoms with Crippen LogP contribution in [0.2, 0.25) is 0 Å². The molecule has 0 fully saturated rings. The van der Waals surface area contributed by atoms with Gasteiger partial charge in [-0.05, 0) is 45.2 Å². The van der Waals surface area contributed by atoms with Crippen LogP contribution in [0.25, 0.3) is 82.9 Å². The van der Waals surface area contributed by atoms with Crippen LogP contribution in [-0.2, 0) is 4.57 Å². The summed E-state index contributed by atoms with van der Waals surface area (Å²) in [6.45, 7) is 0. The largest absolute Gasteiger partial charge is 0.309 e. The molecule has 8 aromatic carbocycles. The molecule has 0 saturated heterocycles. The van der Waals surface area contributed by atoms with Crippen molar-refractivity contribution < 1.29 is 4.57 Å². The van der Waals surface area contributed by atoms with E-state index in [9.17, 15) is 0 Å². The molecule has 0 bridgehead atoms. The van der Waals surface area contributed by atoms with Gasteiger partial charge in [0.1, 0.15) is 0 Å². The minimum absolute atomic E-state index is 0.548. The number of nitrogens with zero attached hydrogens (tertiary/aromatic N) is 3. The van der Waals surface area contributed by atoms with Gasteiger partial charge >= 0.3 is 0 Å². The fraction of sp³-hybridized carbons (Fsp3) is 0. The Labute approximate surface area is 306 Å². The molecule has 0 amide bonds. The fourth-order valence-electron chi connectivity index (χ4n) is 8.46. The molecule has 10 aromatic rings. The summed E-state index contributed by atoms with van der Waals surface area (Å²) in [7, 11) is -3.30. The summed E-state index contributed by atoms with van der Waals surface area (Å²) in [5.41, 5.74) is 8.92. The van der Waals surface area contributed by atoms with Crippen molar-refractivity contribution in [1.82, 2.24) is 14.5 Å². The summed E-state index contributed by atoms with van der Waals surface area (Å²) >= 11 is 0. The predicted molar refractivity (Wildman–Crippen MR) is 221 cm³/mol. The lowest BCUT2D eigenvalue weighted by atomic mass is 9.96. The second-order valence-corrected chi connectivity index (χ2v) is 16.3. The Balaban J connectivity index is 1.19. The van der Waals surface area contributed by atoms with Crippen LogP contribution >= 0.6 is 7.14 Å². The van der Waals surface area contributed by atoms with Crippen molar-refractivity contribution in [3.8, 4) is 39.5 Å². The zero-order valence-electron chi connectivity index (χ0n) is 28.5. The van der Waals surface area contributed by atoms with Gasteiger partial charge in [0.25, 0.3) is 0 Å². The van der Waals surface area contributed by atoms with E-state index in [4.69, 9.17) is 9.97 Å². The molecule has 1 unspecified atom stereocenters. The summed E-state index contributed by atoms with van der Waals surface area (Å²) in [5.74, 6) is 0.548. The van der Waals surface area contributed by atoms with Gasteiger partial charge in [-0.3, -0.25) is 4.57 Å². The Hall–Kier alpha value is -6.61. The number of para-hydroxylation sites is 2. The molecule has 1 atom stereocenters. The van der Waals surface area contributed by atoms with Crippen molar-refractivity contribution in [2.45, 2.75) is 0 Å². The highest BCUT2D eigenvalue weighted by Gasteiger charge is 2.43. The van der Waals surface area contributed by atoms with Crippen molar-refractivity contribution in [3.05, 3.63) is 182 Å². The highest BCUT2D eigenvalue weighted by atomic mass is 31.2. The number of aromatic nitrogens is 3. The molecule has 0 saturated carbocycles. The Morgan fingerprint density at radius 3 is 1.98 bits per heavy atom. The third-order valence-electron chi connectivity index (χ3n) is 10.8. The van der Waals surface area contributed by atoms with Crippen LogP contribution in [0.4, 0.5) is 0 Å². The maximum Gasteiger partial charge on any atom is 0.235 e. The Morgan fingerprint density at radius 2 is 1.11 bits per heavy atom. The molecular formula is C48H30N3OP. The summed E-state index contributed by atoms with van der Waals surface area (Å²) in [6.07, 6.45) is 0. The molecule has 3 heterocycles. The second-order valence-electron chi connectivity index (χ2n) is 13.7. The van der Waals surface area contributed by atoms with Crippen molar-refractivity contribution >= 4 is 66.5 Å². The van der Waals surface area contributed by atoms with Gasteiger partial charge in [-0.1, -0.05) is 170 Å². The van der Waals surface area contributed by atoms with Gasteiger partial charge in [-0.15, -0.1) is 0 Å². The van der Waals surface area contributed by atoms with Crippen molar-refractivity contribution in [3.63, 3.8) is 0 Å². The summed E-state index contributed by atoms with van der Waals surface area (Å²) < 4.78 is 18.2. The predicted octanol–water partition coefficient (Wildman–Crippen LogP) is 10.8. The monoisotopic (exact) mass is 695 g/mol. The van der Waals surface area contributed by atoms with E-state index in [2.05, 4.69) is 126 Å². The highest BCUT2D eigenvalue weighted by molar-refractivity contribution is 7.86. The van der Waals surface area contributed by atoms with E-state index in [-0.39, 0.29) is 0 Å². The average Bonchev–Trinajstić information content (AvgIpc) is 3.70. The van der Waals surface area contributed by atoms with E-state index in [1.807, 2.05) is 60.7 Å². The highest BCUT2D eigenvalue weighted by Crippen LogP contribution is 2.54. The van der Waals surface area contributed by atoms with Gasteiger partial charge in [0.15, 0.2) is 7.14 Å². The van der Waals surface area contributed by atoms with Crippen LogP contribution in [0.15, 0.2) is 182 Å². The minimum Gasteiger partial charge on any atom is -0.309 e. The molecule has 0 aliphatic carbocycles. The normalized spacial score (nSPS) is 14.9. The van der Waals surface area contributed by atoms with E-state index in [1.165, 1.54) is 16.3 Å². The van der Waals surface area contributed by atoms with Gasteiger partial charge in [0.2, 0.25) is 5.95 Å². The zero-order chi connectivity index (χ0) is 35.1. The molecule has 0 N–H and O–H groups in total. The maximum atomic E-state index is 16.0. The van der Waals surface area contributed by atoms with Gasteiger partial charge in [0.05, 0.1) is 27.5 Å². The Kier molecular flexibility index (Phi) is 6.49. The summed E-state index contributed by atoms with van der Waals surface area (Å²) in [4.78, 5) is 10.7. The van der Waals surface area contributed by atoms with Gasteiger partial charge < -0.3 is 4.57 Å². The molecule has 248 valence electrons. The van der Waals surface area contributed by atoms with E-state index >= 15 is 4.57 Å². The standard InChI is InChI=1S/C48H30N3OP/c52-53(34-15-2-1-3-16-34)44-24-11-8-19-38(44)40-30-29-39-37-18-7-10-23-43(37)51(46(39)47(40)53)48-49-42-22-9-6-20-41(42)45(50-48)33-27-25-32(26-28-33)36-21-12-14-31-13-4-5-17-35(31)36/h1-30H. The van der Waals surface area contributed by atoms with Gasteiger partial charge in [0, 0.05) is 32.3 Å². The first-order valence-corrected chi connectivity index (χ1v) is 19.6. The summed E-state index contributed by atoms with van der Waals surface area (Å²) in [5, 5.41) is 8.06. The maximum absolute atomic E-state index is 16.0. The lowest BCUT2D eigenvalue weighted by Gasteiger charge is -2.18. The molecule has 1 aliphatic rings. The van der Waals surface area contributed by atoms with E-state index in [0.717, 1.165) is 76.6 Å². The first-order valence-electron chi connectivity index (χ1n) is 17.9. The first kappa shape index (κ1) is 30.1. The van der Waals surface area contributed by atoms with Gasteiger partial charge in [-0.25, -0.2) is 9.97 Å². The Bertz CT molecular complexity index is 3140. The summed E-state index contributed by atoms with van der Waals surface area (Å²) in [6, 6.07) is 62.7. The number of hydrogen-bond donors (Lipinski definition) is 0. The number of rotatable bonds is 4. The second kappa shape index (κ2) is 11.4. The third kappa shape index (κ3) is 4.34. The van der Waals surface area contributed by atoms with E-state index < -0.39 is 7.14 Å². The number of fused-ring (bicyclic) bond motifs is 9. The van der Waals surface area contributed by atoms with Crippen molar-refractivity contribution in [2.24, 2.45) is 0 Å². The molecule has 11 rings (SSSR count). The topological polar surface area (TPSA) is 47.8 Å². The molecule has 2 aromatic heterocycles. The molecule has 0 spiro atoms. The lowest BCUT2D eigenvalue weighted by Crippen LogP contribution is -2.22. The SMILES string of the molecule is O=P1(c2ccccc2)c2ccccc2-c2ccc3c4ccccc4n(-c4nc(-c5ccc(-c6cccc7ccccc67)cc5)c5ccccc5n4)c3c21. The van der Waals surface area contributed by atoms with Crippen molar-refractivity contribution in [1.29, 1.82) is 0 Å². The van der Waals surface area contributed by atoms with Gasteiger partial charge in [-0.2, -0.15) is 0 Å². The Morgan fingerprint density at radius 1 is 0.453 bits per heavy atom. The third-order valence-corrected chi connectivity index (χ3v) is 14.0. The van der Waals surface area contributed by atoms with Crippen LogP contribution in [0.1, 0.15) is 0 Å². The van der Waals surface area contributed by atoms with Crippen LogP contribution in [0.5, 0.6) is 0 Å². The lowest BCUT2D eigenvalue weighted by molar-refractivity contribution is 0.593. The van der Waals surface area contributed by atoms with Crippen molar-refractivity contribution in [2.75, 3.05) is 0 Å². The zero-order valence-corrected chi connectivity index (χ0v) is 29.4. The van der Waals surface area contributed by atoms with E-state index in [1.54, 1.807) is 0 Å². The molecule has 0 radical (unpaired) electrons. The molecular weight excluding hydrogens is 666 g/mol. The molecule has 5 heteroatoms. The molecule has 4 nitrogen and oxygen atoms in total. The minimum atomic E-state index is -3.30.